The Labute approximate surface area is 204 Å². The lowest BCUT2D eigenvalue weighted by Crippen LogP contribution is -2.11. The van der Waals surface area contributed by atoms with Crippen LogP contribution in [-0.4, -0.2) is 5.78 Å². The van der Waals surface area contributed by atoms with Crippen molar-refractivity contribution < 1.29 is 13.6 Å². The zero-order valence-electron chi connectivity index (χ0n) is 18.9. The molecule has 0 N–H and O–H groups in total. The van der Waals surface area contributed by atoms with Gasteiger partial charge < -0.3 is 8.83 Å². The van der Waals surface area contributed by atoms with Crippen LogP contribution in [0.25, 0.3) is 44.2 Å². The lowest BCUT2D eigenvalue weighted by molar-refractivity contribution is 0.104. The van der Waals surface area contributed by atoms with E-state index in [1.807, 2.05) is 24.3 Å². The Balaban J connectivity index is 1.53. The highest BCUT2D eigenvalue weighted by atomic mass is 16.4. The van der Waals surface area contributed by atoms with Crippen LogP contribution in [0.1, 0.15) is 15.9 Å². The fraction of sp³-hybridized carbons (Fsp3) is 0. The van der Waals surface area contributed by atoms with E-state index in [0.29, 0.717) is 44.5 Å². The van der Waals surface area contributed by atoms with Crippen molar-refractivity contribution in [3.63, 3.8) is 0 Å². The van der Waals surface area contributed by atoms with Gasteiger partial charge in [-0.2, -0.15) is 0 Å². The van der Waals surface area contributed by atoms with E-state index in [9.17, 15) is 14.4 Å². The summed E-state index contributed by atoms with van der Waals surface area (Å²) >= 11 is 0. The first-order valence-corrected chi connectivity index (χ1v) is 11.4. The largest absolute Gasteiger partial charge is 0.422 e. The van der Waals surface area contributed by atoms with Crippen LogP contribution in [0.3, 0.4) is 0 Å². The molecule has 0 aliphatic heterocycles. The number of ketones is 1. The Bertz CT molecular complexity index is 1770. The van der Waals surface area contributed by atoms with Gasteiger partial charge in [-0.25, -0.2) is 9.59 Å². The van der Waals surface area contributed by atoms with Crippen LogP contribution in [0.2, 0.25) is 0 Å². The number of carbonyl (C=O) groups is 1. The smallest absolute Gasteiger partial charge is 0.344 e. The average Bonchev–Trinajstić information content (AvgIpc) is 2.92. The van der Waals surface area contributed by atoms with Crippen LogP contribution in [0.5, 0.6) is 0 Å². The third kappa shape index (κ3) is 3.63. The maximum Gasteiger partial charge on any atom is 0.344 e. The summed E-state index contributed by atoms with van der Waals surface area (Å²) in [5.74, 6) is -0.318. The quantitative estimate of drug-likeness (QED) is 0.218. The highest BCUT2D eigenvalue weighted by Crippen LogP contribution is 2.30. The Morgan fingerprint density at radius 3 is 1.33 bits per heavy atom. The van der Waals surface area contributed by atoms with E-state index < -0.39 is 11.3 Å². The zero-order valence-corrected chi connectivity index (χ0v) is 18.9. The molecule has 0 fully saturated rings. The molecule has 0 radical (unpaired) electrons. The lowest BCUT2D eigenvalue weighted by Gasteiger charge is -2.12. The second-order valence-corrected chi connectivity index (χ2v) is 8.39. The normalized spacial score (nSPS) is 11.1. The van der Waals surface area contributed by atoms with Crippen molar-refractivity contribution in [2.75, 3.05) is 0 Å². The standard InChI is InChI=1S/C31H18O5/c32-29(23-13-5-3-11-21(23)25-17-19-9-1-7-15-27(19)35-30(25)33)24-14-6-4-12-22(24)26-18-20-10-2-8-16-28(20)36-31(26)34/h1-18H. The van der Waals surface area contributed by atoms with E-state index >= 15 is 0 Å². The molecule has 0 spiro atoms. The van der Waals surface area contributed by atoms with Crippen LogP contribution < -0.4 is 11.3 Å². The molecule has 0 amide bonds. The topological polar surface area (TPSA) is 77.5 Å². The summed E-state index contributed by atoms with van der Waals surface area (Å²) in [6.45, 7) is 0. The van der Waals surface area contributed by atoms with Gasteiger partial charge in [0.15, 0.2) is 5.78 Å². The third-order valence-electron chi connectivity index (χ3n) is 6.21. The van der Waals surface area contributed by atoms with E-state index in [4.69, 9.17) is 8.83 Å². The fourth-order valence-corrected chi connectivity index (χ4v) is 4.48. The highest BCUT2D eigenvalue weighted by Gasteiger charge is 2.22. The van der Waals surface area contributed by atoms with E-state index in [1.54, 1.807) is 84.9 Å². The SMILES string of the molecule is O=C(c1ccccc1-c1cc2ccccc2oc1=O)c1ccccc1-c1cc2ccccc2oc1=O. The summed E-state index contributed by atoms with van der Waals surface area (Å²) in [6, 6.07) is 31.7. The van der Waals surface area contributed by atoms with Gasteiger partial charge in [0.05, 0.1) is 11.1 Å². The number of para-hydroxylation sites is 2. The van der Waals surface area contributed by atoms with Crippen molar-refractivity contribution in [3.8, 4) is 22.3 Å². The average molecular weight is 470 g/mol. The maximum atomic E-state index is 13.9. The molecule has 4 aromatic carbocycles. The Hall–Kier alpha value is -5.03. The molecule has 36 heavy (non-hydrogen) atoms. The Morgan fingerprint density at radius 1 is 0.472 bits per heavy atom. The summed E-state index contributed by atoms with van der Waals surface area (Å²) in [4.78, 5) is 39.7. The molecule has 0 aliphatic carbocycles. The van der Waals surface area contributed by atoms with Crippen molar-refractivity contribution in [1.29, 1.82) is 0 Å². The molecular formula is C31H18O5. The predicted molar refractivity (Wildman–Crippen MR) is 139 cm³/mol. The van der Waals surface area contributed by atoms with Gasteiger partial charge in [-0.3, -0.25) is 4.79 Å². The van der Waals surface area contributed by atoms with Gasteiger partial charge in [0.2, 0.25) is 0 Å². The van der Waals surface area contributed by atoms with Gasteiger partial charge in [-0.05, 0) is 24.3 Å². The summed E-state index contributed by atoms with van der Waals surface area (Å²) in [7, 11) is 0. The third-order valence-corrected chi connectivity index (χ3v) is 6.21. The maximum absolute atomic E-state index is 13.9. The fourth-order valence-electron chi connectivity index (χ4n) is 4.48. The Morgan fingerprint density at radius 2 is 0.861 bits per heavy atom. The molecule has 6 rings (SSSR count). The van der Waals surface area contributed by atoms with Gasteiger partial charge in [-0.15, -0.1) is 0 Å². The minimum Gasteiger partial charge on any atom is -0.422 e. The molecule has 0 atom stereocenters. The number of hydrogen-bond donors (Lipinski definition) is 0. The number of carbonyl (C=O) groups excluding carboxylic acids is 1. The summed E-state index contributed by atoms with van der Waals surface area (Å²) < 4.78 is 11.0. The van der Waals surface area contributed by atoms with Gasteiger partial charge in [0.25, 0.3) is 0 Å². The van der Waals surface area contributed by atoms with E-state index in [2.05, 4.69) is 0 Å². The van der Waals surface area contributed by atoms with Crippen molar-refractivity contribution in [3.05, 3.63) is 141 Å². The molecule has 2 heterocycles. The monoisotopic (exact) mass is 470 g/mol. The van der Waals surface area contributed by atoms with E-state index in [-0.39, 0.29) is 5.78 Å². The molecule has 0 saturated heterocycles. The van der Waals surface area contributed by atoms with Gasteiger partial charge in [0.1, 0.15) is 11.2 Å². The van der Waals surface area contributed by atoms with Crippen LogP contribution in [0, 0.1) is 0 Å². The lowest BCUT2D eigenvalue weighted by atomic mass is 9.90. The second-order valence-electron chi connectivity index (χ2n) is 8.39. The second kappa shape index (κ2) is 8.64. The van der Waals surface area contributed by atoms with Gasteiger partial charge in [0, 0.05) is 33.0 Å². The molecule has 2 aromatic heterocycles. The number of rotatable bonds is 4. The number of benzene rings is 4. The Kier molecular flexibility index (Phi) is 5.16. The zero-order chi connectivity index (χ0) is 24.6. The first kappa shape index (κ1) is 21.5. The summed E-state index contributed by atoms with van der Waals surface area (Å²) in [5.41, 5.74) is 2.06. The van der Waals surface area contributed by atoms with Crippen molar-refractivity contribution >= 4 is 27.7 Å². The molecule has 6 aromatic rings. The molecule has 0 aliphatic rings. The molecular weight excluding hydrogens is 452 g/mol. The number of hydrogen-bond acceptors (Lipinski definition) is 5. The minimum absolute atomic E-state index is 0.292. The van der Waals surface area contributed by atoms with Crippen molar-refractivity contribution in [2.45, 2.75) is 0 Å². The van der Waals surface area contributed by atoms with Crippen LogP contribution in [0.15, 0.2) is 128 Å². The molecule has 5 nitrogen and oxygen atoms in total. The molecule has 0 bridgehead atoms. The van der Waals surface area contributed by atoms with Gasteiger partial charge >= 0.3 is 11.3 Å². The summed E-state index contributed by atoms with van der Waals surface area (Å²) in [6.07, 6.45) is 0. The van der Waals surface area contributed by atoms with E-state index in [1.165, 1.54) is 0 Å². The van der Waals surface area contributed by atoms with E-state index in [0.717, 1.165) is 10.8 Å². The first-order chi connectivity index (χ1) is 17.6. The molecule has 0 unspecified atom stereocenters. The highest BCUT2D eigenvalue weighted by molar-refractivity contribution is 6.16. The number of fused-ring (bicyclic) bond motifs is 2. The van der Waals surface area contributed by atoms with Crippen molar-refractivity contribution in [2.24, 2.45) is 0 Å². The molecule has 5 heteroatoms. The van der Waals surface area contributed by atoms with Gasteiger partial charge in [-0.1, -0.05) is 84.9 Å². The first-order valence-electron chi connectivity index (χ1n) is 11.4. The summed E-state index contributed by atoms with van der Waals surface area (Å²) in [5, 5.41) is 1.51. The van der Waals surface area contributed by atoms with Crippen molar-refractivity contribution in [1.82, 2.24) is 0 Å². The van der Waals surface area contributed by atoms with Crippen LogP contribution in [0.4, 0.5) is 0 Å². The predicted octanol–water partition coefficient (Wildman–Crippen LogP) is 6.46. The molecule has 0 saturated carbocycles. The minimum atomic E-state index is -0.530. The molecule has 172 valence electrons. The van der Waals surface area contributed by atoms with Crippen LogP contribution >= 0.6 is 0 Å². The van der Waals surface area contributed by atoms with Crippen LogP contribution in [-0.2, 0) is 0 Å².